The van der Waals surface area contributed by atoms with Crippen LogP contribution in [-0.2, 0) is 6.42 Å². The summed E-state index contributed by atoms with van der Waals surface area (Å²) < 4.78 is 0. The average Bonchev–Trinajstić information content (AvgIpc) is 2.55. The maximum atomic E-state index is 8.65. The monoisotopic (exact) mass is 333 g/mol. The Morgan fingerprint density at radius 3 is 2.64 bits per heavy atom. The third-order valence-corrected chi connectivity index (χ3v) is 5.42. The summed E-state index contributed by atoms with van der Waals surface area (Å²) in [5, 5.41) is 16.6. The van der Waals surface area contributed by atoms with Crippen LogP contribution in [0.25, 0.3) is 0 Å². The van der Waals surface area contributed by atoms with Crippen molar-refractivity contribution in [1.29, 1.82) is 5.26 Å². The van der Waals surface area contributed by atoms with Crippen molar-refractivity contribution in [3.05, 3.63) is 29.8 Å². The molecule has 0 atom stereocenters. The molecule has 1 aromatic rings. The number of hydrogen-bond acceptors (Lipinski definition) is 3. The van der Waals surface area contributed by atoms with E-state index in [1.165, 1.54) is 32.1 Å². The third kappa shape index (κ3) is 6.25. The molecule has 1 aliphatic rings. The Morgan fingerprint density at radius 1 is 1.23 bits per heavy atom. The smallest absolute Gasteiger partial charge is 0.170 e. The number of rotatable bonds is 6. The maximum absolute atomic E-state index is 8.65. The van der Waals surface area contributed by atoms with E-state index in [1.54, 1.807) is 0 Å². The zero-order chi connectivity index (χ0) is 15.6. The highest BCUT2D eigenvalue weighted by Crippen LogP contribution is 2.27. The third-order valence-electron chi connectivity index (χ3n) is 3.79. The van der Waals surface area contributed by atoms with E-state index in [1.807, 2.05) is 24.3 Å². The quantitative estimate of drug-likeness (QED) is 0.606. The standard InChI is InChI=1S/C17H23N3S2/c18-11-10-14-6-8-15(9-7-14)20-17(21)19-12-13-22-16-4-2-1-3-5-16/h6-9,16H,1-5,10,12-13H2,(H2,19,20,21). The van der Waals surface area contributed by atoms with Crippen LogP contribution in [0.3, 0.4) is 0 Å². The highest BCUT2D eigenvalue weighted by Gasteiger charge is 2.12. The van der Waals surface area contributed by atoms with Gasteiger partial charge in [0.1, 0.15) is 0 Å². The molecule has 0 aromatic heterocycles. The predicted octanol–water partition coefficient (Wildman–Crippen LogP) is 4.10. The van der Waals surface area contributed by atoms with Crippen LogP contribution in [0.1, 0.15) is 37.7 Å². The van der Waals surface area contributed by atoms with E-state index in [2.05, 4.69) is 28.5 Å². The maximum Gasteiger partial charge on any atom is 0.170 e. The molecular formula is C17H23N3S2. The van der Waals surface area contributed by atoms with Gasteiger partial charge in [-0.05, 0) is 42.8 Å². The number of anilines is 1. The molecule has 5 heteroatoms. The average molecular weight is 334 g/mol. The lowest BCUT2D eigenvalue weighted by molar-refractivity contribution is 0.516. The van der Waals surface area contributed by atoms with Crippen molar-refractivity contribution in [2.24, 2.45) is 0 Å². The second-order valence-electron chi connectivity index (χ2n) is 5.54. The second-order valence-corrected chi connectivity index (χ2v) is 7.36. The number of nitrogens with zero attached hydrogens (tertiary/aromatic N) is 1. The molecule has 0 saturated heterocycles. The van der Waals surface area contributed by atoms with Gasteiger partial charge in [0.15, 0.2) is 5.11 Å². The van der Waals surface area contributed by atoms with Crippen molar-refractivity contribution >= 4 is 34.8 Å². The molecule has 1 fully saturated rings. The van der Waals surface area contributed by atoms with Gasteiger partial charge in [-0.2, -0.15) is 17.0 Å². The van der Waals surface area contributed by atoms with Crippen molar-refractivity contribution in [3.8, 4) is 6.07 Å². The fourth-order valence-corrected chi connectivity index (χ4v) is 4.03. The molecule has 0 amide bonds. The van der Waals surface area contributed by atoms with Crippen LogP contribution < -0.4 is 10.6 Å². The molecule has 2 rings (SSSR count). The number of nitriles is 1. The van der Waals surface area contributed by atoms with Crippen molar-refractivity contribution in [1.82, 2.24) is 5.32 Å². The molecule has 3 nitrogen and oxygen atoms in total. The molecule has 2 N–H and O–H groups in total. The number of thioether (sulfide) groups is 1. The molecule has 0 radical (unpaired) electrons. The fourth-order valence-electron chi connectivity index (χ4n) is 2.59. The zero-order valence-corrected chi connectivity index (χ0v) is 14.4. The van der Waals surface area contributed by atoms with E-state index in [9.17, 15) is 0 Å². The molecule has 0 heterocycles. The summed E-state index contributed by atoms with van der Waals surface area (Å²) in [6, 6.07) is 9.96. The van der Waals surface area contributed by atoms with Gasteiger partial charge < -0.3 is 10.6 Å². The Morgan fingerprint density at radius 2 is 1.95 bits per heavy atom. The van der Waals surface area contributed by atoms with Crippen LogP contribution in [0.4, 0.5) is 5.69 Å². The Labute approximate surface area is 142 Å². The lowest BCUT2D eigenvalue weighted by Gasteiger charge is -2.21. The molecule has 1 saturated carbocycles. The van der Waals surface area contributed by atoms with Crippen LogP contribution in [0, 0.1) is 11.3 Å². The first-order chi connectivity index (χ1) is 10.8. The normalized spacial score (nSPS) is 15.0. The van der Waals surface area contributed by atoms with Crippen LogP contribution >= 0.6 is 24.0 Å². The zero-order valence-electron chi connectivity index (χ0n) is 12.8. The molecule has 0 spiro atoms. The lowest BCUT2D eigenvalue weighted by Crippen LogP contribution is -2.30. The van der Waals surface area contributed by atoms with Gasteiger partial charge in [0.05, 0.1) is 12.5 Å². The summed E-state index contributed by atoms with van der Waals surface area (Å²) in [6.45, 7) is 0.902. The van der Waals surface area contributed by atoms with Crippen LogP contribution in [0.2, 0.25) is 0 Å². The van der Waals surface area contributed by atoms with Crippen molar-refractivity contribution in [3.63, 3.8) is 0 Å². The lowest BCUT2D eigenvalue weighted by atomic mass is 10.0. The minimum Gasteiger partial charge on any atom is -0.362 e. The number of thiocarbonyl (C=S) groups is 1. The molecule has 22 heavy (non-hydrogen) atoms. The molecule has 1 aromatic carbocycles. The van der Waals surface area contributed by atoms with Gasteiger partial charge in [0.25, 0.3) is 0 Å². The number of benzene rings is 1. The van der Waals surface area contributed by atoms with Gasteiger partial charge in [-0.1, -0.05) is 31.4 Å². The fraction of sp³-hybridized carbons (Fsp3) is 0.529. The Kier molecular flexibility index (Phi) is 7.55. The first kappa shape index (κ1) is 17.1. The number of nitrogens with one attached hydrogen (secondary N) is 2. The Hall–Kier alpha value is -1.25. The van der Waals surface area contributed by atoms with Crippen LogP contribution in [0.5, 0.6) is 0 Å². The van der Waals surface area contributed by atoms with E-state index in [0.29, 0.717) is 11.5 Å². The summed E-state index contributed by atoms with van der Waals surface area (Å²) in [7, 11) is 0. The topological polar surface area (TPSA) is 47.9 Å². The SMILES string of the molecule is N#CCc1ccc(NC(=S)NCCSC2CCCCC2)cc1. The van der Waals surface area contributed by atoms with Crippen molar-refractivity contribution in [2.45, 2.75) is 43.8 Å². The van der Waals surface area contributed by atoms with Gasteiger partial charge in [-0.25, -0.2) is 0 Å². The van der Waals surface area contributed by atoms with Crippen molar-refractivity contribution < 1.29 is 0 Å². The van der Waals surface area contributed by atoms with E-state index < -0.39 is 0 Å². The molecular weight excluding hydrogens is 310 g/mol. The number of hydrogen-bond donors (Lipinski definition) is 2. The van der Waals surface area contributed by atoms with Gasteiger partial charge in [0.2, 0.25) is 0 Å². The van der Waals surface area contributed by atoms with E-state index in [-0.39, 0.29) is 0 Å². The van der Waals surface area contributed by atoms with E-state index >= 15 is 0 Å². The van der Waals surface area contributed by atoms with Crippen LogP contribution in [0.15, 0.2) is 24.3 Å². The summed E-state index contributed by atoms with van der Waals surface area (Å²) in [4.78, 5) is 0. The predicted molar refractivity (Wildman–Crippen MR) is 99.3 cm³/mol. The summed E-state index contributed by atoms with van der Waals surface area (Å²) in [5.41, 5.74) is 1.98. The van der Waals surface area contributed by atoms with Gasteiger partial charge in [-0.15, -0.1) is 0 Å². The van der Waals surface area contributed by atoms with Gasteiger partial charge in [0, 0.05) is 23.2 Å². The van der Waals surface area contributed by atoms with E-state index in [4.69, 9.17) is 17.5 Å². The molecule has 118 valence electrons. The van der Waals surface area contributed by atoms with Crippen LogP contribution in [-0.4, -0.2) is 22.7 Å². The second kappa shape index (κ2) is 9.70. The highest BCUT2D eigenvalue weighted by molar-refractivity contribution is 7.99. The van der Waals surface area contributed by atoms with Crippen molar-refractivity contribution in [2.75, 3.05) is 17.6 Å². The minimum absolute atomic E-state index is 0.446. The summed E-state index contributed by atoms with van der Waals surface area (Å²) in [6.07, 6.45) is 7.41. The largest absolute Gasteiger partial charge is 0.362 e. The first-order valence-corrected chi connectivity index (χ1v) is 9.36. The summed E-state index contributed by atoms with van der Waals surface area (Å²) in [5.74, 6) is 1.10. The Balaban J connectivity index is 1.61. The molecule has 0 bridgehead atoms. The van der Waals surface area contributed by atoms with Gasteiger partial charge in [-0.3, -0.25) is 0 Å². The highest BCUT2D eigenvalue weighted by atomic mass is 32.2. The van der Waals surface area contributed by atoms with E-state index in [0.717, 1.165) is 28.8 Å². The molecule has 1 aliphatic carbocycles. The van der Waals surface area contributed by atoms with Gasteiger partial charge >= 0.3 is 0 Å². The molecule has 0 unspecified atom stereocenters. The first-order valence-electron chi connectivity index (χ1n) is 7.90. The molecule has 0 aliphatic heterocycles. The summed E-state index contributed by atoms with van der Waals surface area (Å²) >= 11 is 7.38. The minimum atomic E-state index is 0.446. The Bertz CT molecular complexity index is 502.